The fourth-order valence-corrected chi connectivity index (χ4v) is 2.55. The molecule has 5 heteroatoms. The number of ether oxygens (including phenoxy) is 2. The molecule has 1 fully saturated rings. The standard InChI is InChI=1S/C14H18BrNO3/c1-10-7-16(8-11(2)19-10)14(17)12-3-5-13(6-4-12)18-9-15/h3-6,10-11H,7-9H2,1-2H3. The first-order valence-electron chi connectivity index (χ1n) is 6.33. The summed E-state index contributed by atoms with van der Waals surface area (Å²) >= 11 is 3.20. The van der Waals surface area contributed by atoms with Gasteiger partial charge in [-0.05, 0) is 54.0 Å². The molecular weight excluding hydrogens is 310 g/mol. The molecule has 1 aliphatic rings. The fraction of sp³-hybridized carbons (Fsp3) is 0.500. The van der Waals surface area contributed by atoms with Crippen molar-refractivity contribution in [2.75, 3.05) is 18.6 Å². The highest BCUT2D eigenvalue weighted by atomic mass is 79.9. The largest absolute Gasteiger partial charge is 0.482 e. The smallest absolute Gasteiger partial charge is 0.254 e. The number of benzene rings is 1. The van der Waals surface area contributed by atoms with E-state index in [9.17, 15) is 4.79 Å². The van der Waals surface area contributed by atoms with Gasteiger partial charge in [-0.2, -0.15) is 0 Å². The molecule has 1 heterocycles. The van der Waals surface area contributed by atoms with Crippen molar-refractivity contribution in [2.45, 2.75) is 26.1 Å². The SMILES string of the molecule is CC1CN(C(=O)c2ccc(OCBr)cc2)CC(C)O1. The molecule has 2 rings (SSSR count). The number of nitrogens with zero attached hydrogens (tertiary/aromatic N) is 1. The Morgan fingerprint density at radius 2 is 1.89 bits per heavy atom. The third-order valence-electron chi connectivity index (χ3n) is 3.03. The Labute approximate surface area is 121 Å². The molecule has 1 aromatic carbocycles. The zero-order valence-electron chi connectivity index (χ0n) is 11.1. The van der Waals surface area contributed by atoms with E-state index in [0.29, 0.717) is 24.2 Å². The van der Waals surface area contributed by atoms with Crippen molar-refractivity contribution in [3.05, 3.63) is 29.8 Å². The van der Waals surface area contributed by atoms with Crippen LogP contribution in [0, 0.1) is 0 Å². The van der Waals surface area contributed by atoms with Crippen LogP contribution in [0.25, 0.3) is 0 Å². The first kappa shape index (κ1) is 14.3. The molecule has 0 N–H and O–H groups in total. The van der Waals surface area contributed by atoms with Crippen LogP contribution in [0.3, 0.4) is 0 Å². The maximum absolute atomic E-state index is 12.4. The number of hydrogen-bond acceptors (Lipinski definition) is 3. The van der Waals surface area contributed by atoms with Gasteiger partial charge in [0.2, 0.25) is 0 Å². The summed E-state index contributed by atoms with van der Waals surface area (Å²) in [5.41, 5.74) is 1.13. The van der Waals surface area contributed by atoms with Gasteiger partial charge in [-0.15, -0.1) is 0 Å². The van der Waals surface area contributed by atoms with E-state index in [2.05, 4.69) is 15.9 Å². The monoisotopic (exact) mass is 327 g/mol. The first-order chi connectivity index (χ1) is 9.10. The third kappa shape index (κ3) is 3.70. The van der Waals surface area contributed by atoms with Crippen LogP contribution >= 0.6 is 15.9 Å². The number of hydrogen-bond donors (Lipinski definition) is 0. The van der Waals surface area contributed by atoms with Gasteiger partial charge in [-0.1, -0.05) is 0 Å². The summed E-state index contributed by atoms with van der Waals surface area (Å²) in [5.74, 6) is 0.796. The van der Waals surface area contributed by atoms with Crippen molar-refractivity contribution in [1.29, 1.82) is 0 Å². The minimum atomic E-state index is 0.0485. The zero-order valence-corrected chi connectivity index (χ0v) is 12.7. The van der Waals surface area contributed by atoms with Gasteiger partial charge in [0.25, 0.3) is 5.91 Å². The summed E-state index contributed by atoms with van der Waals surface area (Å²) in [5, 5.41) is 0. The van der Waals surface area contributed by atoms with Gasteiger partial charge in [0.1, 0.15) is 11.3 Å². The van der Waals surface area contributed by atoms with Crippen LogP contribution in [0.4, 0.5) is 0 Å². The molecule has 4 nitrogen and oxygen atoms in total. The predicted molar refractivity (Wildman–Crippen MR) is 76.8 cm³/mol. The molecular formula is C14H18BrNO3. The zero-order chi connectivity index (χ0) is 13.8. The van der Waals surface area contributed by atoms with Crippen LogP contribution in [0.2, 0.25) is 0 Å². The van der Waals surface area contributed by atoms with Gasteiger partial charge in [0.15, 0.2) is 0 Å². The van der Waals surface area contributed by atoms with Crippen LogP contribution in [-0.2, 0) is 4.74 Å². The molecule has 0 saturated carbocycles. The Hall–Kier alpha value is -1.07. The number of alkyl halides is 1. The first-order valence-corrected chi connectivity index (χ1v) is 7.46. The highest BCUT2D eigenvalue weighted by molar-refractivity contribution is 9.09. The van der Waals surface area contributed by atoms with Crippen molar-refractivity contribution in [3.63, 3.8) is 0 Å². The second kappa shape index (κ2) is 6.39. The van der Waals surface area contributed by atoms with Crippen molar-refractivity contribution < 1.29 is 14.3 Å². The molecule has 0 aliphatic carbocycles. The van der Waals surface area contributed by atoms with Crippen molar-refractivity contribution >= 4 is 21.8 Å². The Kier molecular flexibility index (Phi) is 4.82. The lowest BCUT2D eigenvalue weighted by atomic mass is 10.1. The van der Waals surface area contributed by atoms with E-state index in [0.717, 1.165) is 5.75 Å². The van der Waals surface area contributed by atoms with Crippen molar-refractivity contribution in [2.24, 2.45) is 0 Å². The number of morpholine rings is 1. The number of rotatable bonds is 3. The van der Waals surface area contributed by atoms with Crippen LogP contribution in [0.5, 0.6) is 5.75 Å². The maximum atomic E-state index is 12.4. The van der Waals surface area contributed by atoms with Gasteiger partial charge in [-0.3, -0.25) is 4.79 Å². The number of carbonyl (C=O) groups is 1. The molecule has 104 valence electrons. The van der Waals surface area contributed by atoms with Gasteiger partial charge in [0.05, 0.1) is 12.2 Å². The predicted octanol–water partition coefficient (Wildman–Crippen LogP) is 2.67. The minimum absolute atomic E-state index is 0.0485. The van der Waals surface area contributed by atoms with E-state index in [1.807, 2.05) is 30.9 Å². The van der Waals surface area contributed by atoms with Gasteiger partial charge >= 0.3 is 0 Å². The lowest BCUT2D eigenvalue weighted by molar-refractivity contribution is -0.0586. The highest BCUT2D eigenvalue weighted by Gasteiger charge is 2.26. The average molecular weight is 328 g/mol. The maximum Gasteiger partial charge on any atom is 0.254 e. The topological polar surface area (TPSA) is 38.8 Å². The van der Waals surface area contributed by atoms with Gasteiger partial charge in [0, 0.05) is 18.7 Å². The molecule has 2 unspecified atom stereocenters. The third-order valence-corrected chi connectivity index (χ3v) is 3.26. The molecule has 0 radical (unpaired) electrons. The van der Waals surface area contributed by atoms with Crippen molar-refractivity contribution in [3.8, 4) is 5.75 Å². The summed E-state index contributed by atoms with van der Waals surface area (Å²) in [4.78, 5) is 14.2. The average Bonchev–Trinajstić information content (AvgIpc) is 2.38. The minimum Gasteiger partial charge on any atom is -0.482 e. The molecule has 1 aliphatic heterocycles. The molecule has 1 aromatic rings. The molecule has 0 bridgehead atoms. The molecule has 1 saturated heterocycles. The summed E-state index contributed by atoms with van der Waals surface area (Å²) < 4.78 is 10.9. The van der Waals surface area contributed by atoms with Gasteiger partial charge < -0.3 is 14.4 Å². The lowest BCUT2D eigenvalue weighted by Gasteiger charge is -2.35. The Balaban J connectivity index is 2.06. The Morgan fingerprint density at radius 1 is 1.32 bits per heavy atom. The second-order valence-electron chi connectivity index (χ2n) is 4.75. The quantitative estimate of drug-likeness (QED) is 0.801. The van der Waals surface area contributed by atoms with Crippen LogP contribution in [-0.4, -0.2) is 41.6 Å². The van der Waals surface area contributed by atoms with Gasteiger partial charge in [-0.25, -0.2) is 0 Å². The van der Waals surface area contributed by atoms with Crippen LogP contribution in [0.15, 0.2) is 24.3 Å². The number of amides is 1. The molecule has 0 aromatic heterocycles. The molecule has 0 spiro atoms. The summed E-state index contributed by atoms with van der Waals surface area (Å²) in [6.45, 7) is 5.26. The Morgan fingerprint density at radius 3 is 2.42 bits per heavy atom. The summed E-state index contributed by atoms with van der Waals surface area (Å²) in [6, 6.07) is 7.21. The number of halogens is 1. The molecule has 19 heavy (non-hydrogen) atoms. The Bertz CT molecular complexity index is 425. The van der Waals surface area contributed by atoms with Crippen LogP contribution in [0.1, 0.15) is 24.2 Å². The normalized spacial score (nSPS) is 23.2. The highest BCUT2D eigenvalue weighted by Crippen LogP contribution is 2.17. The molecule has 2 atom stereocenters. The van der Waals surface area contributed by atoms with E-state index < -0.39 is 0 Å². The summed E-state index contributed by atoms with van der Waals surface area (Å²) in [6.07, 6.45) is 0.174. The van der Waals surface area contributed by atoms with E-state index in [4.69, 9.17) is 9.47 Å². The second-order valence-corrected chi connectivity index (χ2v) is 5.20. The van der Waals surface area contributed by atoms with E-state index >= 15 is 0 Å². The number of carbonyl (C=O) groups excluding carboxylic acids is 1. The lowest BCUT2D eigenvalue weighted by Crippen LogP contribution is -2.48. The van der Waals surface area contributed by atoms with Crippen LogP contribution < -0.4 is 4.74 Å². The summed E-state index contributed by atoms with van der Waals surface area (Å²) in [7, 11) is 0. The van der Waals surface area contributed by atoms with E-state index in [-0.39, 0.29) is 18.1 Å². The van der Waals surface area contributed by atoms with E-state index in [1.54, 1.807) is 12.1 Å². The van der Waals surface area contributed by atoms with E-state index in [1.165, 1.54) is 0 Å². The fourth-order valence-electron chi connectivity index (χ4n) is 2.28. The molecule has 1 amide bonds. The van der Waals surface area contributed by atoms with Crippen molar-refractivity contribution in [1.82, 2.24) is 4.90 Å².